The third-order valence-corrected chi connectivity index (χ3v) is 5.48. The highest BCUT2D eigenvalue weighted by Gasteiger charge is 2.21. The number of hydrogen-bond donors (Lipinski definition) is 1. The maximum absolute atomic E-state index is 11.4. The second-order valence-corrected chi connectivity index (χ2v) is 8.56. The van der Waals surface area contributed by atoms with Gasteiger partial charge in [-0.05, 0) is 37.0 Å². The minimum Gasteiger partial charge on any atom is -0.469 e. The number of furan rings is 1. The number of rotatable bonds is 6. The molecule has 4 rings (SSSR count). The molecular formula is C18H21N5O3S. The summed E-state index contributed by atoms with van der Waals surface area (Å²) in [5.41, 5.74) is 2.86. The molecule has 1 aliphatic rings. The molecule has 0 radical (unpaired) electrons. The van der Waals surface area contributed by atoms with E-state index in [0.717, 1.165) is 54.1 Å². The van der Waals surface area contributed by atoms with Crippen molar-refractivity contribution in [3.05, 3.63) is 54.1 Å². The predicted octanol–water partition coefficient (Wildman–Crippen LogP) is 1.99. The zero-order chi connectivity index (χ0) is 18.9. The minimum absolute atomic E-state index is 0.0573. The highest BCUT2D eigenvalue weighted by molar-refractivity contribution is 7.88. The van der Waals surface area contributed by atoms with Gasteiger partial charge in [0, 0.05) is 30.6 Å². The Morgan fingerprint density at radius 1 is 1.37 bits per heavy atom. The van der Waals surface area contributed by atoms with Crippen LogP contribution in [-0.4, -0.2) is 40.3 Å². The fraction of sp³-hybridized carbons (Fsp3) is 0.389. The van der Waals surface area contributed by atoms with E-state index < -0.39 is 10.0 Å². The molecule has 0 spiro atoms. The molecule has 27 heavy (non-hydrogen) atoms. The molecule has 0 saturated carbocycles. The summed E-state index contributed by atoms with van der Waals surface area (Å²) in [5, 5.41) is 8.33. The number of aryl methyl sites for hydroxylation is 2. The maximum Gasteiger partial charge on any atom is 0.208 e. The number of nitrogens with zero attached hydrogens (tertiary/aromatic N) is 4. The van der Waals surface area contributed by atoms with Crippen LogP contribution in [0.1, 0.15) is 36.4 Å². The van der Waals surface area contributed by atoms with Gasteiger partial charge in [-0.1, -0.05) is 6.08 Å². The van der Waals surface area contributed by atoms with E-state index in [1.165, 1.54) is 6.26 Å². The van der Waals surface area contributed by atoms with Gasteiger partial charge in [0.15, 0.2) is 5.65 Å². The van der Waals surface area contributed by atoms with E-state index in [4.69, 9.17) is 4.42 Å². The van der Waals surface area contributed by atoms with Gasteiger partial charge in [0.1, 0.15) is 17.9 Å². The summed E-state index contributed by atoms with van der Waals surface area (Å²) in [7, 11) is -3.19. The highest BCUT2D eigenvalue weighted by atomic mass is 32.2. The molecule has 0 fully saturated rings. The monoisotopic (exact) mass is 387 g/mol. The Balaban J connectivity index is 1.55. The van der Waals surface area contributed by atoms with Crippen molar-refractivity contribution in [2.75, 3.05) is 6.26 Å². The largest absolute Gasteiger partial charge is 0.469 e. The van der Waals surface area contributed by atoms with E-state index in [1.807, 2.05) is 22.7 Å². The summed E-state index contributed by atoms with van der Waals surface area (Å²) >= 11 is 0. The SMILES string of the molecule is CS(=O)(=O)NC1CC=C(c2cnc(CCc3ccco3)n3cnnc23)CC1. The number of sulfonamides is 1. The molecule has 0 bridgehead atoms. The summed E-state index contributed by atoms with van der Waals surface area (Å²) in [5.74, 6) is 1.80. The van der Waals surface area contributed by atoms with Crippen molar-refractivity contribution < 1.29 is 12.8 Å². The zero-order valence-electron chi connectivity index (χ0n) is 15.0. The van der Waals surface area contributed by atoms with Gasteiger partial charge >= 0.3 is 0 Å². The van der Waals surface area contributed by atoms with E-state index >= 15 is 0 Å². The van der Waals surface area contributed by atoms with Crippen molar-refractivity contribution in [3.8, 4) is 0 Å². The third kappa shape index (κ3) is 4.09. The smallest absolute Gasteiger partial charge is 0.208 e. The lowest BCUT2D eigenvalue weighted by Crippen LogP contribution is -2.34. The molecule has 1 unspecified atom stereocenters. The Morgan fingerprint density at radius 3 is 2.96 bits per heavy atom. The van der Waals surface area contributed by atoms with Gasteiger partial charge in [-0.15, -0.1) is 10.2 Å². The lowest BCUT2D eigenvalue weighted by molar-refractivity contribution is 0.506. The first-order chi connectivity index (χ1) is 13.0. The normalized spacial score (nSPS) is 18.0. The van der Waals surface area contributed by atoms with Gasteiger partial charge in [0.2, 0.25) is 10.0 Å². The maximum atomic E-state index is 11.4. The Hall–Kier alpha value is -2.52. The topological polar surface area (TPSA) is 102 Å². The summed E-state index contributed by atoms with van der Waals surface area (Å²) < 4.78 is 32.8. The molecule has 0 saturated heterocycles. The standard InChI is InChI=1S/C18H21N5O3S/c1-27(24,25)22-14-6-4-13(5-7-14)16-11-19-17(23-12-20-21-18(16)23)9-8-15-3-2-10-26-15/h2-4,10-12,14,22H,5-9H2,1H3. The number of allylic oxidation sites excluding steroid dienone is 1. The number of fused-ring (bicyclic) bond motifs is 1. The lowest BCUT2D eigenvalue weighted by Gasteiger charge is -2.22. The van der Waals surface area contributed by atoms with Crippen molar-refractivity contribution in [1.29, 1.82) is 0 Å². The van der Waals surface area contributed by atoms with Crippen LogP contribution >= 0.6 is 0 Å². The van der Waals surface area contributed by atoms with Crippen LogP contribution in [0.5, 0.6) is 0 Å². The van der Waals surface area contributed by atoms with E-state index in [9.17, 15) is 8.42 Å². The van der Waals surface area contributed by atoms with Gasteiger partial charge in [0.05, 0.1) is 12.5 Å². The fourth-order valence-corrected chi connectivity index (χ4v) is 4.28. The third-order valence-electron chi connectivity index (χ3n) is 4.72. The van der Waals surface area contributed by atoms with Crippen LogP contribution in [0.15, 0.2) is 41.4 Å². The Morgan fingerprint density at radius 2 is 2.26 bits per heavy atom. The molecule has 1 atom stereocenters. The van der Waals surface area contributed by atoms with Crippen molar-refractivity contribution in [3.63, 3.8) is 0 Å². The van der Waals surface area contributed by atoms with Crippen molar-refractivity contribution >= 4 is 21.2 Å². The van der Waals surface area contributed by atoms with Crippen LogP contribution in [0, 0.1) is 0 Å². The quantitative estimate of drug-likeness (QED) is 0.694. The lowest BCUT2D eigenvalue weighted by atomic mass is 9.92. The van der Waals surface area contributed by atoms with Crippen LogP contribution in [0.3, 0.4) is 0 Å². The summed E-state index contributed by atoms with van der Waals surface area (Å²) in [6.07, 6.45) is 12.1. The first-order valence-electron chi connectivity index (χ1n) is 8.86. The van der Waals surface area contributed by atoms with Crippen LogP contribution in [-0.2, 0) is 22.9 Å². The number of nitrogens with one attached hydrogen (secondary N) is 1. The Labute approximate surface area is 157 Å². The second-order valence-electron chi connectivity index (χ2n) is 6.78. The number of aromatic nitrogens is 4. The van der Waals surface area contributed by atoms with Crippen molar-refractivity contribution in [2.24, 2.45) is 0 Å². The molecule has 9 heteroatoms. The van der Waals surface area contributed by atoms with Gasteiger partial charge in [-0.25, -0.2) is 18.1 Å². The first-order valence-corrected chi connectivity index (χ1v) is 10.8. The van der Waals surface area contributed by atoms with Crippen LogP contribution < -0.4 is 4.72 Å². The van der Waals surface area contributed by atoms with Crippen molar-refractivity contribution in [2.45, 2.75) is 38.1 Å². The predicted molar refractivity (Wildman–Crippen MR) is 100 cm³/mol. The zero-order valence-corrected chi connectivity index (χ0v) is 15.8. The van der Waals surface area contributed by atoms with Gasteiger partial charge in [-0.2, -0.15) is 0 Å². The molecule has 1 N–H and O–H groups in total. The molecule has 3 heterocycles. The average molecular weight is 387 g/mol. The second kappa shape index (κ2) is 7.24. The van der Waals surface area contributed by atoms with Gasteiger partial charge < -0.3 is 4.42 Å². The molecule has 0 aliphatic heterocycles. The molecule has 0 aromatic carbocycles. The molecule has 0 amide bonds. The number of hydrogen-bond acceptors (Lipinski definition) is 6. The molecule has 3 aromatic heterocycles. The Bertz CT molecular complexity index is 1070. The first kappa shape index (κ1) is 17.9. The Kier molecular flexibility index (Phi) is 4.79. The van der Waals surface area contributed by atoms with Crippen LogP contribution in [0.4, 0.5) is 0 Å². The molecular weight excluding hydrogens is 366 g/mol. The van der Waals surface area contributed by atoms with E-state index in [2.05, 4.69) is 26.0 Å². The van der Waals surface area contributed by atoms with E-state index in [0.29, 0.717) is 6.42 Å². The fourth-order valence-electron chi connectivity index (χ4n) is 3.46. The molecule has 3 aromatic rings. The molecule has 1 aliphatic carbocycles. The van der Waals surface area contributed by atoms with Crippen LogP contribution in [0.2, 0.25) is 0 Å². The van der Waals surface area contributed by atoms with Crippen LogP contribution in [0.25, 0.3) is 11.2 Å². The summed E-state index contributed by atoms with van der Waals surface area (Å²) in [4.78, 5) is 4.62. The van der Waals surface area contributed by atoms with Gasteiger partial charge in [-0.3, -0.25) is 4.40 Å². The van der Waals surface area contributed by atoms with E-state index in [-0.39, 0.29) is 6.04 Å². The molecule has 8 nitrogen and oxygen atoms in total. The average Bonchev–Trinajstić information content (AvgIpc) is 3.31. The summed E-state index contributed by atoms with van der Waals surface area (Å²) in [6, 6.07) is 3.77. The van der Waals surface area contributed by atoms with Crippen molar-refractivity contribution in [1.82, 2.24) is 24.3 Å². The summed E-state index contributed by atoms with van der Waals surface area (Å²) in [6.45, 7) is 0. The highest BCUT2D eigenvalue weighted by Crippen LogP contribution is 2.29. The van der Waals surface area contributed by atoms with Gasteiger partial charge in [0.25, 0.3) is 0 Å². The van der Waals surface area contributed by atoms with E-state index in [1.54, 1.807) is 12.6 Å². The minimum atomic E-state index is -3.19. The molecule has 142 valence electrons.